The van der Waals surface area contributed by atoms with E-state index >= 15 is 0 Å². The van der Waals surface area contributed by atoms with Gasteiger partial charge in [-0.3, -0.25) is 14.9 Å². The molecule has 6 heteroatoms. The summed E-state index contributed by atoms with van der Waals surface area (Å²) in [6, 6.07) is 10.2. The highest BCUT2D eigenvalue weighted by Crippen LogP contribution is 2.25. The standard InChI is InChI=1S/C18H20N2O4/c1-11-8-9-15(10-12(11)2)24-14(4)18(21)19-16-6-5-7-17(13(16)3)20(22)23/h5-10,14H,1-4H3,(H,19,21)/t14-/m0/s1. The zero-order valence-electron chi connectivity index (χ0n) is 14.1. The molecule has 2 rings (SSSR count). The first-order valence-corrected chi connectivity index (χ1v) is 7.58. The zero-order chi connectivity index (χ0) is 17.9. The zero-order valence-corrected chi connectivity index (χ0v) is 14.1. The van der Waals surface area contributed by atoms with Gasteiger partial charge in [0.05, 0.1) is 16.2 Å². The monoisotopic (exact) mass is 328 g/mol. The Labute approximate surface area is 140 Å². The number of nitrogens with one attached hydrogen (secondary N) is 1. The molecule has 6 nitrogen and oxygen atoms in total. The highest BCUT2D eigenvalue weighted by Gasteiger charge is 2.19. The summed E-state index contributed by atoms with van der Waals surface area (Å²) in [4.78, 5) is 22.8. The maximum absolute atomic E-state index is 12.3. The van der Waals surface area contributed by atoms with Gasteiger partial charge in [0.15, 0.2) is 6.10 Å². The molecule has 0 saturated heterocycles. The molecule has 0 saturated carbocycles. The number of carbonyl (C=O) groups excluding carboxylic acids is 1. The fourth-order valence-corrected chi connectivity index (χ4v) is 2.24. The Morgan fingerprint density at radius 1 is 1.17 bits per heavy atom. The Morgan fingerprint density at radius 2 is 1.88 bits per heavy atom. The van der Waals surface area contributed by atoms with Gasteiger partial charge in [0.25, 0.3) is 11.6 Å². The quantitative estimate of drug-likeness (QED) is 0.666. The smallest absolute Gasteiger partial charge is 0.274 e. The van der Waals surface area contributed by atoms with Crippen LogP contribution >= 0.6 is 0 Å². The number of benzene rings is 2. The summed E-state index contributed by atoms with van der Waals surface area (Å²) in [5.74, 6) is 0.244. The minimum absolute atomic E-state index is 0.0319. The molecule has 0 aliphatic heterocycles. The van der Waals surface area contributed by atoms with Crippen LogP contribution in [0.1, 0.15) is 23.6 Å². The third-order valence-electron chi connectivity index (χ3n) is 3.92. The number of nitrogens with zero attached hydrogens (tertiary/aromatic N) is 1. The molecule has 0 unspecified atom stereocenters. The van der Waals surface area contributed by atoms with Gasteiger partial charge in [0, 0.05) is 6.07 Å². The number of carbonyl (C=O) groups is 1. The Kier molecular flexibility index (Phi) is 5.18. The summed E-state index contributed by atoms with van der Waals surface area (Å²) in [5, 5.41) is 13.6. The van der Waals surface area contributed by atoms with E-state index < -0.39 is 11.0 Å². The Morgan fingerprint density at radius 3 is 2.50 bits per heavy atom. The van der Waals surface area contributed by atoms with E-state index in [-0.39, 0.29) is 11.6 Å². The molecular formula is C18H20N2O4. The van der Waals surface area contributed by atoms with Crippen molar-refractivity contribution in [1.82, 2.24) is 0 Å². The molecule has 0 heterocycles. The predicted molar refractivity (Wildman–Crippen MR) is 92.5 cm³/mol. The molecule has 0 aromatic heterocycles. The fraction of sp³-hybridized carbons (Fsp3) is 0.278. The van der Waals surface area contributed by atoms with Crippen LogP contribution in [0.4, 0.5) is 11.4 Å². The van der Waals surface area contributed by atoms with Crippen LogP contribution in [-0.2, 0) is 4.79 Å². The fourth-order valence-electron chi connectivity index (χ4n) is 2.24. The highest BCUT2D eigenvalue weighted by molar-refractivity contribution is 5.95. The second-order valence-corrected chi connectivity index (χ2v) is 5.70. The van der Waals surface area contributed by atoms with Crippen LogP contribution in [0, 0.1) is 30.9 Å². The number of anilines is 1. The number of nitro groups is 1. The largest absolute Gasteiger partial charge is 0.481 e. The van der Waals surface area contributed by atoms with Gasteiger partial charge in [0.2, 0.25) is 0 Å². The maximum atomic E-state index is 12.3. The highest BCUT2D eigenvalue weighted by atomic mass is 16.6. The first kappa shape index (κ1) is 17.5. The number of ether oxygens (including phenoxy) is 1. The van der Waals surface area contributed by atoms with Crippen LogP contribution in [-0.4, -0.2) is 16.9 Å². The lowest BCUT2D eigenvalue weighted by Gasteiger charge is -2.16. The van der Waals surface area contributed by atoms with Crippen molar-refractivity contribution in [3.05, 3.63) is 63.2 Å². The minimum atomic E-state index is -0.731. The molecule has 1 atom stereocenters. The van der Waals surface area contributed by atoms with E-state index in [1.807, 2.05) is 32.0 Å². The van der Waals surface area contributed by atoms with Crippen molar-refractivity contribution in [2.45, 2.75) is 33.8 Å². The number of hydrogen-bond donors (Lipinski definition) is 1. The number of aryl methyl sites for hydroxylation is 2. The van der Waals surface area contributed by atoms with Gasteiger partial charge in [-0.25, -0.2) is 0 Å². The van der Waals surface area contributed by atoms with E-state index in [1.165, 1.54) is 12.1 Å². The molecule has 0 spiro atoms. The molecular weight excluding hydrogens is 308 g/mol. The molecule has 0 radical (unpaired) electrons. The average molecular weight is 328 g/mol. The minimum Gasteiger partial charge on any atom is -0.481 e. The van der Waals surface area contributed by atoms with Crippen molar-refractivity contribution in [2.24, 2.45) is 0 Å². The third-order valence-corrected chi connectivity index (χ3v) is 3.92. The second-order valence-electron chi connectivity index (χ2n) is 5.70. The Balaban J connectivity index is 2.10. The van der Waals surface area contributed by atoms with Gasteiger partial charge >= 0.3 is 0 Å². The van der Waals surface area contributed by atoms with Gasteiger partial charge < -0.3 is 10.1 Å². The molecule has 0 fully saturated rings. The maximum Gasteiger partial charge on any atom is 0.274 e. The van der Waals surface area contributed by atoms with Gasteiger partial charge in [-0.15, -0.1) is 0 Å². The van der Waals surface area contributed by atoms with Crippen molar-refractivity contribution < 1.29 is 14.5 Å². The van der Waals surface area contributed by atoms with E-state index in [4.69, 9.17) is 4.74 Å². The van der Waals surface area contributed by atoms with Crippen molar-refractivity contribution in [3.8, 4) is 5.75 Å². The normalized spacial score (nSPS) is 11.7. The summed E-state index contributed by atoms with van der Waals surface area (Å²) in [5.41, 5.74) is 3.01. The average Bonchev–Trinajstić information content (AvgIpc) is 2.52. The Bertz CT molecular complexity index is 787. The molecule has 0 bridgehead atoms. The van der Waals surface area contributed by atoms with Crippen LogP contribution in [0.25, 0.3) is 0 Å². The van der Waals surface area contributed by atoms with E-state index in [1.54, 1.807) is 19.9 Å². The van der Waals surface area contributed by atoms with Crippen LogP contribution in [0.3, 0.4) is 0 Å². The predicted octanol–water partition coefficient (Wildman–Crippen LogP) is 3.93. The van der Waals surface area contributed by atoms with E-state index in [9.17, 15) is 14.9 Å². The molecule has 0 aliphatic rings. The first-order chi connectivity index (χ1) is 11.3. The summed E-state index contributed by atoms with van der Waals surface area (Å²) < 4.78 is 5.66. The molecule has 1 amide bonds. The van der Waals surface area contributed by atoms with Crippen LogP contribution in [0.5, 0.6) is 5.75 Å². The first-order valence-electron chi connectivity index (χ1n) is 7.58. The van der Waals surface area contributed by atoms with E-state index in [0.717, 1.165) is 11.1 Å². The van der Waals surface area contributed by atoms with E-state index in [0.29, 0.717) is 17.0 Å². The number of nitro benzene ring substituents is 1. The molecule has 24 heavy (non-hydrogen) atoms. The van der Waals surface area contributed by atoms with Crippen LogP contribution in [0.15, 0.2) is 36.4 Å². The summed E-state index contributed by atoms with van der Waals surface area (Å²) in [6.07, 6.45) is -0.731. The molecule has 1 N–H and O–H groups in total. The van der Waals surface area contributed by atoms with Gasteiger partial charge in [-0.05, 0) is 57.0 Å². The van der Waals surface area contributed by atoms with E-state index in [2.05, 4.69) is 5.32 Å². The second kappa shape index (κ2) is 7.12. The van der Waals surface area contributed by atoms with Gasteiger partial charge in [-0.2, -0.15) is 0 Å². The lowest BCUT2D eigenvalue weighted by atomic mass is 10.1. The molecule has 2 aromatic carbocycles. The lowest BCUT2D eigenvalue weighted by molar-refractivity contribution is -0.385. The number of hydrogen-bond acceptors (Lipinski definition) is 4. The SMILES string of the molecule is Cc1ccc(O[C@@H](C)C(=O)Nc2cccc([N+](=O)[O-])c2C)cc1C. The van der Waals surface area contributed by atoms with Gasteiger partial charge in [0.1, 0.15) is 5.75 Å². The molecule has 2 aromatic rings. The van der Waals surface area contributed by atoms with Gasteiger partial charge in [-0.1, -0.05) is 12.1 Å². The summed E-state index contributed by atoms with van der Waals surface area (Å²) in [7, 11) is 0. The summed E-state index contributed by atoms with van der Waals surface area (Å²) >= 11 is 0. The van der Waals surface area contributed by atoms with Crippen molar-refractivity contribution in [3.63, 3.8) is 0 Å². The van der Waals surface area contributed by atoms with Crippen LogP contribution < -0.4 is 10.1 Å². The number of rotatable bonds is 5. The Hall–Kier alpha value is -2.89. The van der Waals surface area contributed by atoms with Crippen molar-refractivity contribution in [2.75, 3.05) is 5.32 Å². The number of amides is 1. The molecule has 0 aliphatic carbocycles. The topological polar surface area (TPSA) is 81.5 Å². The van der Waals surface area contributed by atoms with Crippen molar-refractivity contribution in [1.29, 1.82) is 0 Å². The third kappa shape index (κ3) is 3.90. The lowest BCUT2D eigenvalue weighted by Crippen LogP contribution is -2.30. The van der Waals surface area contributed by atoms with Crippen LogP contribution in [0.2, 0.25) is 0 Å². The summed E-state index contributed by atoms with van der Waals surface area (Å²) in [6.45, 7) is 7.21. The van der Waals surface area contributed by atoms with Crippen molar-refractivity contribution >= 4 is 17.3 Å². The molecule has 126 valence electrons.